The van der Waals surface area contributed by atoms with Gasteiger partial charge in [0.2, 0.25) is 5.95 Å². The van der Waals surface area contributed by atoms with Crippen LogP contribution in [0.3, 0.4) is 0 Å². The van der Waals surface area contributed by atoms with Crippen molar-refractivity contribution in [2.24, 2.45) is 0 Å². The van der Waals surface area contributed by atoms with Gasteiger partial charge in [0.05, 0.1) is 28.4 Å². The Hall–Kier alpha value is -3.79. The van der Waals surface area contributed by atoms with Crippen molar-refractivity contribution < 1.29 is 13.9 Å². The first-order valence-electron chi connectivity index (χ1n) is 9.68. The van der Waals surface area contributed by atoms with E-state index in [1.165, 1.54) is 12.1 Å². The van der Waals surface area contributed by atoms with Crippen LogP contribution < -0.4 is 10.9 Å². The number of carbonyl (C=O) groups is 1. The number of imidazole rings is 1. The molecule has 4 aromatic rings. The Morgan fingerprint density at radius 3 is 2.90 bits per heavy atom. The fourth-order valence-corrected chi connectivity index (χ4v) is 3.28. The molecule has 4 rings (SSSR count). The molecule has 0 saturated carbocycles. The molecule has 2 aromatic carbocycles. The smallest absolute Gasteiger partial charge is 0.413 e. The molecule has 0 aliphatic rings. The summed E-state index contributed by atoms with van der Waals surface area (Å²) in [5.74, 6) is -0.301. The van der Waals surface area contributed by atoms with Crippen LogP contribution in [0.5, 0.6) is 0 Å². The number of H-pyrrole nitrogens is 2. The van der Waals surface area contributed by atoms with E-state index in [4.69, 9.17) is 4.74 Å². The number of anilines is 1. The molecular weight excluding hydrogens is 403 g/mol. The molecular formula is C21H21FN6O3. The monoisotopic (exact) mass is 424 g/mol. The van der Waals surface area contributed by atoms with Gasteiger partial charge in [0.25, 0.3) is 5.56 Å². The van der Waals surface area contributed by atoms with Crippen LogP contribution in [0.1, 0.15) is 6.42 Å². The SMILES string of the molecule is CN(C)CCCOC(=O)Nc1nc2ccc(-c3n[nH]c(=O)c4cccc(F)c34)cc2[nH]1. The van der Waals surface area contributed by atoms with Crippen molar-refractivity contribution in [3.63, 3.8) is 0 Å². The van der Waals surface area contributed by atoms with Crippen LogP contribution >= 0.6 is 0 Å². The summed E-state index contributed by atoms with van der Waals surface area (Å²) in [6.07, 6.45) is 0.119. The first-order valence-corrected chi connectivity index (χ1v) is 9.68. The second kappa shape index (κ2) is 8.52. The van der Waals surface area contributed by atoms with Gasteiger partial charge in [-0.05, 0) is 44.8 Å². The second-order valence-corrected chi connectivity index (χ2v) is 7.30. The van der Waals surface area contributed by atoms with Gasteiger partial charge in [-0.2, -0.15) is 5.10 Å². The average Bonchev–Trinajstić information content (AvgIpc) is 3.13. The Balaban J connectivity index is 1.58. The number of benzene rings is 2. The summed E-state index contributed by atoms with van der Waals surface area (Å²) in [4.78, 5) is 33.3. The van der Waals surface area contributed by atoms with Crippen molar-refractivity contribution in [2.75, 3.05) is 32.6 Å². The highest BCUT2D eigenvalue weighted by molar-refractivity contribution is 5.96. The number of fused-ring (bicyclic) bond motifs is 2. The number of rotatable bonds is 6. The van der Waals surface area contributed by atoms with E-state index in [1.54, 1.807) is 24.3 Å². The number of nitrogens with one attached hydrogen (secondary N) is 3. The van der Waals surface area contributed by atoms with Gasteiger partial charge in [0.1, 0.15) is 11.5 Å². The molecule has 2 heterocycles. The quantitative estimate of drug-likeness (QED) is 0.410. The zero-order chi connectivity index (χ0) is 22.0. The van der Waals surface area contributed by atoms with Crippen molar-refractivity contribution in [3.05, 3.63) is 52.6 Å². The van der Waals surface area contributed by atoms with Crippen LogP contribution in [0, 0.1) is 5.82 Å². The molecule has 0 fully saturated rings. The minimum Gasteiger partial charge on any atom is -0.449 e. The highest BCUT2D eigenvalue weighted by Gasteiger charge is 2.15. The van der Waals surface area contributed by atoms with Crippen molar-refractivity contribution in [1.82, 2.24) is 25.1 Å². The summed E-state index contributed by atoms with van der Waals surface area (Å²) in [5.41, 5.74) is 1.63. The molecule has 0 aliphatic heterocycles. The summed E-state index contributed by atoms with van der Waals surface area (Å²) in [7, 11) is 3.89. The van der Waals surface area contributed by atoms with E-state index in [2.05, 4.69) is 25.5 Å². The summed E-state index contributed by atoms with van der Waals surface area (Å²) in [5, 5.41) is 9.37. The maximum Gasteiger partial charge on any atom is 0.413 e. The first kappa shape index (κ1) is 20.5. The second-order valence-electron chi connectivity index (χ2n) is 7.30. The van der Waals surface area contributed by atoms with Crippen molar-refractivity contribution >= 4 is 33.8 Å². The van der Waals surface area contributed by atoms with Gasteiger partial charge in [0.15, 0.2) is 0 Å². The van der Waals surface area contributed by atoms with Gasteiger partial charge in [0, 0.05) is 12.1 Å². The number of halogens is 1. The van der Waals surface area contributed by atoms with Crippen LogP contribution in [0.4, 0.5) is 15.1 Å². The highest BCUT2D eigenvalue weighted by atomic mass is 19.1. The molecule has 31 heavy (non-hydrogen) atoms. The zero-order valence-corrected chi connectivity index (χ0v) is 17.0. The van der Waals surface area contributed by atoms with E-state index in [9.17, 15) is 14.0 Å². The van der Waals surface area contributed by atoms with Crippen LogP contribution in [0.25, 0.3) is 33.1 Å². The number of aromatic nitrogens is 4. The largest absolute Gasteiger partial charge is 0.449 e. The lowest BCUT2D eigenvalue weighted by atomic mass is 10.0. The molecule has 0 atom stereocenters. The predicted octanol–water partition coefficient (Wildman–Crippen LogP) is 3.11. The molecule has 9 nitrogen and oxygen atoms in total. The van der Waals surface area contributed by atoms with E-state index >= 15 is 0 Å². The molecule has 160 valence electrons. The van der Waals surface area contributed by atoms with E-state index in [1.807, 2.05) is 19.0 Å². The van der Waals surface area contributed by atoms with Crippen LogP contribution in [0.15, 0.2) is 41.2 Å². The van der Waals surface area contributed by atoms with Crippen molar-refractivity contribution in [2.45, 2.75) is 6.42 Å². The Morgan fingerprint density at radius 2 is 2.10 bits per heavy atom. The molecule has 0 radical (unpaired) electrons. The predicted molar refractivity (Wildman–Crippen MR) is 116 cm³/mol. The average molecular weight is 424 g/mol. The van der Waals surface area contributed by atoms with Crippen LogP contribution in [-0.2, 0) is 4.74 Å². The van der Waals surface area contributed by atoms with Gasteiger partial charge in [-0.15, -0.1) is 0 Å². The number of amides is 1. The van der Waals surface area contributed by atoms with E-state index in [-0.39, 0.29) is 16.7 Å². The lowest BCUT2D eigenvalue weighted by Gasteiger charge is -2.09. The summed E-state index contributed by atoms with van der Waals surface area (Å²) in [6, 6.07) is 9.47. The molecule has 3 N–H and O–H groups in total. The third-order valence-electron chi connectivity index (χ3n) is 4.72. The molecule has 0 bridgehead atoms. The lowest BCUT2D eigenvalue weighted by Crippen LogP contribution is -2.19. The van der Waals surface area contributed by atoms with Gasteiger partial charge in [-0.25, -0.2) is 19.3 Å². The zero-order valence-electron chi connectivity index (χ0n) is 17.0. The van der Waals surface area contributed by atoms with Gasteiger partial charge < -0.3 is 14.6 Å². The first-order chi connectivity index (χ1) is 14.9. The van der Waals surface area contributed by atoms with E-state index < -0.39 is 17.5 Å². The number of aromatic amines is 2. The number of ether oxygens (including phenoxy) is 1. The van der Waals surface area contributed by atoms with Crippen molar-refractivity contribution in [3.8, 4) is 11.3 Å². The third-order valence-corrected chi connectivity index (χ3v) is 4.72. The topological polar surface area (TPSA) is 116 Å². The fourth-order valence-electron chi connectivity index (χ4n) is 3.28. The Morgan fingerprint density at radius 1 is 1.26 bits per heavy atom. The maximum atomic E-state index is 14.5. The summed E-state index contributed by atoms with van der Waals surface area (Å²) in [6.45, 7) is 1.11. The molecule has 0 saturated heterocycles. The van der Waals surface area contributed by atoms with Crippen molar-refractivity contribution in [1.29, 1.82) is 0 Å². The minimum absolute atomic E-state index is 0.143. The molecule has 10 heteroatoms. The number of carbonyl (C=O) groups excluding carboxylic acids is 1. The van der Waals surface area contributed by atoms with Gasteiger partial charge >= 0.3 is 6.09 Å². The number of hydrogen-bond acceptors (Lipinski definition) is 6. The summed E-state index contributed by atoms with van der Waals surface area (Å²) < 4.78 is 19.6. The Bertz CT molecular complexity index is 1310. The standard InChI is InChI=1S/C21H21FN6O3/c1-28(2)9-4-10-31-21(30)25-20-23-15-8-7-12(11-16(15)24-20)18-17-13(19(29)27-26-18)5-3-6-14(17)22/h3,5-8,11H,4,9-10H2,1-2H3,(H,27,29)(H2,23,24,25,30). The molecule has 2 aromatic heterocycles. The minimum atomic E-state index is -0.603. The van der Waals surface area contributed by atoms with Crippen LogP contribution in [-0.4, -0.2) is 58.4 Å². The molecule has 0 spiro atoms. The fraction of sp³-hybridized carbons (Fsp3) is 0.238. The molecule has 0 aliphatic carbocycles. The molecule has 1 amide bonds. The Labute approximate surface area is 176 Å². The Kier molecular flexibility index (Phi) is 5.63. The maximum absolute atomic E-state index is 14.5. The van der Waals surface area contributed by atoms with E-state index in [0.29, 0.717) is 28.9 Å². The van der Waals surface area contributed by atoms with Crippen LogP contribution in [0.2, 0.25) is 0 Å². The highest BCUT2D eigenvalue weighted by Crippen LogP contribution is 2.28. The van der Waals surface area contributed by atoms with Gasteiger partial charge in [-0.1, -0.05) is 12.1 Å². The number of hydrogen-bond donors (Lipinski definition) is 3. The summed E-state index contributed by atoms with van der Waals surface area (Å²) >= 11 is 0. The van der Waals surface area contributed by atoms with E-state index in [0.717, 1.165) is 13.0 Å². The number of nitrogens with zero attached hydrogens (tertiary/aromatic N) is 3. The normalized spacial score (nSPS) is 11.4. The third kappa shape index (κ3) is 4.38. The molecule has 0 unspecified atom stereocenters. The van der Waals surface area contributed by atoms with Gasteiger partial charge in [-0.3, -0.25) is 10.1 Å². The lowest BCUT2D eigenvalue weighted by molar-refractivity contribution is 0.156.